The Labute approximate surface area is 159 Å². The molecule has 28 heavy (non-hydrogen) atoms. The molecule has 9 heteroatoms. The van der Waals surface area contributed by atoms with Crippen LogP contribution in [0.5, 0.6) is 0 Å². The Kier molecular flexibility index (Phi) is 4.88. The summed E-state index contributed by atoms with van der Waals surface area (Å²) in [6, 6.07) is 8.63. The fourth-order valence-electron chi connectivity index (χ4n) is 3.01. The highest BCUT2D eigenvalue weighted by atomic mass is 19.1. The summed E-state index contributed by atoms with van der Waals surface area (Å²) in [4.78, 5) is 24.4. The summed E-state index contributed by atoms with van der Waals surface area (Å²) in [5, 5.41) is 2.59. The van der Waals surface area contributed by atoms with E-state index in [1.165, 1.54) is 18.5 Å². The lowest BCUT2D eigenvalue weighted by Gasteiger charge is -2.35. The van der Waals surface area contributed by atoms with E-state index in [0.29, 0.717) is 37.8 Å². The molecule has 2 aromatic heterocycles. The number of benzene rings is 1. The van der Waals surface area contributed by atoms with Crippen LogP contribution in [0.2, 0.25) is 0 Å². The van der Waals surface area contributed by atoms with Crippen LogP contribution in [0.3, 0.4) is 0 Å². The SMILES string of the molecule is O=C(c1ccco1)N1CCN(c2ccnc(Nc3c(F)cccc3F)n2)CC1. The molecule has 1 saturated heterocycles. The average Bonchev–Trinajstić information content (AvgIpc) is 3.26. The topological polar surface area (TPSA) is 74.5 Å². The lowest BCUT2D eigenvalue weighted by Crippen LogP contribution is -2.49. The van der Waals surface area contributed by atoms with E-state index in [9.17, 15) is 13.6 Å². The molecule has 3 heterocycles. The van der Waals surface area contributed by atoms with Crippen molar-refractivity contribution in [3.63, 3.8) is 0 Å². The summed E-state index contributed by atoms with van der Waals surface area (Å²) in [5.41, 5.74) is -0.298. The van der Waals surface area contributed by atoms with E-state index in [-0.39, 0.29) is 17.5 Å². The maximum atomic E-state index is 13.8. The van der Waals surface area contributed by atoms with Crippen molar-refractivity contribution in [2.75, 3.05) is 36.4 Å². The van der Waals surface area contributed by atoms with Gasteiger partial charge in [0.05, 0.1) is 6.26 Å². The molecule has 1 N–H and O–H groups in total. The first-order valence-electron chi connectivity index (χ1n) is 8.73. The van der Waals surface area contributed by atoms with Crippen molar-refractivity contribution in [3.05, 3.63) is 66.3 Å². The number of nitrogens with one attached hydrogen (secondary N) is 1. The third-order valence-electron chi connectivity index (χ3n) is 4.46. The van der Waals surface area contributed by atoms with E-state index in [1.54, 1.807) is 23.1 Å². The molecule has 1 aliphatic heterocycles. The minimum Gasteiger partial charge on any atom is -0.459 e. The molecule has 3 aromatic rings. The molecule has 1 aromatic carbocycles. The summed E-state index contributed by atoms with van der Waals surface area (Å²) in [6.45, 7) is 2.15. The van der Waals surface area contributed by atoms with Crippen molar-refractivity contribution in [1.29, 1.82) is 0 Å². The zero-order valence-corrected chi connectivity index (χ0v) is 14.8. The zero-order chi connectivity index (χ0) is 19.5. The molecule has 7 nitrogen and oxygen atoms in total. The largest absolute Gasteiger partial charge is 0.459 e. The van der Waals surface area contributed by atoms with Gasteiger partial charge in [-0.05, 0) is 30.3 Å². The highest BCUT2D eigenvalue weighted by Crippen LogP contribution is 2.23. The summed E-state index contributed by atoms with van der Waals surface area (Å²) < 4.78 is 32.8. The third-order valence-corrected chi connectivity index (χ3v) is 4.46. The smallest absolute Gasteiger partial charge is 0.289 e. The predicted molar refractivity (Wildman–Crippen MR) is 98.5 cm³/mol. The van der Waals surface area contributed by atoms with Gasteiger partial charge in [0.1, 0.15) is 23.1 Å². The predicted octanol–water partition coefficient (Wildman–Crippen LogP) is 3.05. The first-order chi connectivity index (χ1) is 13.6. The van der Waals surface area contributed by atoms with E-state index in [1.807, 2.05) is 4.90 Å². The summed E-state index contributed by atoms with van der Waals surface area (Å²) in [6.07, 6.45) is 2.99. The first-order valence-corrected chi connectivity index (χ1v) is 8.73. The fraction of sp³-hybridized carbons (Fsp3) is 0.211. The number of amides is 1. The standard InChI is InChI=1S/C19H17F2N5O2/c20-13-3-1-4-14(21)17(13)24-19-22-7-6-16(23-19)25-8-10-26(11-9-25)18(27)15-5-2-12-28-15/h1-7,12H,8-11H2,(H,22,23,24). The van der Waals surface area contributed by atoms with Gasteiger partial charge < -0.3 is 19.5 Å². The maximum absolute atomic E-state index is 13.8. The number of nitrogens with zero attached hydrogens (tertiary/aromatic N) is 4. The van der Waals surface area contributed by atoms with E-state index < -0.39 is 11.6 Å². The Morgan fingerprint density at radius 3 is 2.46 bits per heavy atom. The number of furan rings is 1. The van der Waals surface area contributed by atoms with Crippen molar-refractivity contribution in [1.82, 2.24) is 14.9 Å². The third kappa shape index (κ3) is 3.64. The van der Waals surface area contributed by atoms with Crippen molar-refractivity contribution in [2.45, 2.75) is 0 Å². The molecule has 144 valence electrons. The second kappa shape index (κ2) is 7.63. The zero-order valence-electron chi connectivity index (χ0n) is 14.8. The number of aromatic nitrogens is 2. The molecule has 0 saturated carbocycles. The minimum absolute atomic E-state index is 0.0931. The molecule has 0 bridgehead atoms. The Bertz CT molecular complexity index is 952. The lowest BCUT2D eigenvalue weighted by molar-refractivity contribution is 0.0714. The number of anilines is 3. The highest BCUT2D eigenvalue weighted by Gasteiger charge is 2.24. The number of hydrogen-bond donors (Lipinski definition) is 1. The Morgan fingerprint density at radius 2 is 1.79 bits per heavy atom. The van der Waals surface area contributed by atoms with Crippen molar-refractivity contribution >= 4 is 23.4 Å². The Morgan fingerprint density at radius 1 is 1.04 bits per heavy atom. The molecule has 0 unspecified atom stereocenters. The molecule has 0 aliphatic carbocycles. The van der Waals surface area contributed by atoms with E-state index in [2.05, 4.69) is 15.3 Å². The van der Waals surface area contributed by atoms with Gasteiger partial charge in [0.15, 0.2) is 5.76 Å². The van der Waals surface area contributed by atoms with Crippen molar-refractivity contribution in [3.8, 4) is 0 Å². The number of rotatable bonds is 4. The van der Waals surface area contributed by atoms with Gasteiger partial charge in [0.25, 0.3) is 5.91 Å². The molecule has 1 aliphatic rings. The monoisotopic (exact) mass is 385 g/mol. The van der Waals surface area contributed by atoms with Gasteiger partial charge in [-0.3, -0.25) is 4.79 Å². The van der Waals surface area contributed by atoms with Crippen molar-refractivity contribution in [2.24, 2.45) is 0 Å². The van der Waals surface area contributed by atoms with Crippen LogP contribution in [0.1, 0.15) is 10.6 Å². The Balaban J connectivity index is 1.43. The number of hydrogen-bond acceptors (Lipinski definition) is 6. The van der Waals surface area contributed by atoms with E-state index >= 15 is 0 Å². The van der Waals surface area contributed by atoms with Crippen LogP contribution in [-0.4, -0.2) is 47.0 Å². The number of para-hydroxylation sites is 1. The molecule has 0 spiro atoms. The van der Waals surface area contributed by atoms with Gasteiger partial charge in [0.2, 0.25) is 5.95 Å². The van der Waals surface area contributed by atoms with Gasteiger partial charge in [-0.15, -0.1) is 0 Å². The van der Waals surface area contributed by atoms with Gasteiger partial charge >= 0.3 is 0 Å². The second-order valence-corrected chi connectivity index (χ2v) is 6.22. The number of halogens is 2. The quantitative estimate of drug-likeness (QED) is 0.744. The van der Waals surface area contributed by atoms with Crippen LogP contribution in [-0.2, 0) is 0 Å². The summed E-state index contributed by atoms with van der Waals surface area (Å²) in [5.74, 6) is -0.577. The molecular weight excluding hydrogens is 368 g/mol. The number of carbonyl (C=O) groups excluding carboxylic acids is 1. The first kappa shape index (κ1) is 17.9. The Hall–Kier alpha value is -3.49. The van der Waals surface area contributed by atoms with Crippen LogP contribution < -0.4 is 10.2 Å². The van der Waals surface area contributed by atoms with Gasteiger partial charge in [-0.2, -0.15) is 4.98 Å². The van der Waals surface area contributed by atoms with Gasteiger partial charge in [-0.1, -0.05) is 6.07 Å². The summed E-state index contributed by atoms with van der Waals surface area (Å²) in [7, 11) is 0. The lowest BCUT2D eigenvalue weighted by atomic mass is 10.3. The fourth-order valence-corrected chi connectivity index (χ4v) is 3.01. The van der Waals surface area contributed by atoms with E-state index in [4.69, 9.17) is 4.42 Å². The van der Waals surface area contributed by atoms with Gasteiger partial charge in [-0.25, -0.2) is 13.8 Å². The van der Waals surface area contributed by atoms with Gasteiger partial charge in [0, 0.05) is 32.4 Å². The molecular formula is C19H17F2N5O2. The molecule has 0 radical (unpaired) electrons. The second-order valence-electron chi connectivity index (χ2n) is 6.22. The normalized spacial score (nSPS) is 14.2. The summed E-state index contributed by atoms with van der Waals surface area (Å²) >= 11 is 0. The number of carbonyl (C=O) groups is 1. The number of piperazine rings is 1. The average molecular weight is 385 g/mol. The van der Waals surface area contributed by atoms with Crippen LogP contribution in [0.4, 0.5) is 26.2 Å². The molecule has 0 atom stereocenters. The molecule has 1 amide bonds. The van der Waals surface area contributed by atoms with Crippen molar-refractivity contribution < 1.29 is 18.0 Å². The van der Waals surface area contributed by atoms with Crippen LogP contribution in [0.25, 0.3) is 0 Å². The van der Waals surface area contributed by atoms with Crippen LogP contribution >= 0.6 is 0 Å². The molecule has 4 rings (SSSR count). The van der Waals surface area contributed by atoms with Crippen LogP contribution in [0.15, 0.2) is 53.3 Å². The minimum atomic E-state index is -0.723. The van der Waals surface area contributed by atoms with E-state index in [0.717, 1.165) is 12.1 Å². The highest BCUT2D eigenvalue weighted by molar-refractivity contribution is 5.91. The maximum Gasteiger partial charge on any atom is 0.289 e. The molecule has 1 fully saturated rings. The van der Waals surface area contributed by atoms with Crippen LogP contribution in [0, 0.1) is 11.6 Å².